The van der Waals surface area contributed by atoms with Gasteiger partial charge in [0, 0.05) is 32.0 Å². The lowest BCUT2D eigenvalue weighted by Gasteiger charge is -2.22. The Morgan fingerprint density at radius 1 is 1.05 bits per heavy atom. The molecular weight excluding hydrogens is 238 g/mol. The summed E-state index contributed by atoms with van der Waals surface area (Å²) in [5.41, 5.74) is 5.52. The molecule has 2 heterocycles. The van der Waals surface area contributed by atoms with Gasteiger partial charge in [-0.25, -0.2) is 4.98 Å². The molecule has 0 saturated carbocycles. The zero-order valence-electron chi connectivity index (χ0n) is 11.7. The molecule has 1 fully saturated rings. The van der Waals surface area contributed by atoms with E-state index in [0.29, 0.717) is 0 Å². The molecule has 0 aromatic carbocycles. The van der Waals surface area contributed by atoms with Gasteiger partial charge in [-0.1, -0.05) is 6.42 Å². The molecule has 19 heavy (non-hydrogen) atoms. The van der Waals surface area contributed by atoms with Gasteiger partial charge in [0.1, 0.15) is 5.82 Å². The van der Waals surface area contributed by atoms with Gasteiger partial charge in [-0.05, 0) is 38.9 Å². The number of nitrogens with zero attached hydrogens (tertiary/aromatic N) is 4. The summed E-state index contributed by atoms with van der Waals surface area (Å²) in [4.78, 5) is 13.4. The molecule has 0 radical (unpaired) electrons. The molecule has 0 atom stereocenters. The van der Waals surface area contributed by atoms with Crippen LogP contribution >= 0.6 is 0 Å². The van der Waals surface area contributed by atoms with Crippen LogP contribution in [-0.4, -0.2) is 54.1 Å². The van der Waals surface area contributed by atoms with E-state index in [2.05, 4.69) is 19.8 Å². The third kappa shape index (κ3) is 4.76. The zero-order valence-corrected chi connectivity index (χ0v) is 11.7. The normalized spacial score (nSPS) is 17.4. The maximum Gasteiger partial charge on any atom is 0.147 e. The van der Waals surface area contributed by atoms with Crippen LogP contribution < -0.4 is 10.6 Å². The summed E-state index contributed by atoms with van der Waals surface area (Å²) < 4.78 is 0. The Morgan fingerprint density at radius 2 is 2.00 bits per heavy atom. The quantitative estimate of drug-likeness (QED) is 0.779. The van der Waals surface area contributed by atoms with Crippen LogP contribution in [0, 0.1) is 0 Å². The fourth-order valence-corrected chi connectivity index (χ4v) is 2.53. The molecule has 0 unspecified atom stereocenters. The molecule has 2 N–H and O–H groups in total. The van der Waals surface area contributed by atoms with E-state index < -0.39 is 0 Å². The topological polar surface area (TPSA) is 58.3 Å². The van der Waals surface area contributed by atoms with Gasteiger partial charge in [-0.15, -0.1) is 0 Å². The number of nitrogens with two attached hydrogens (primary N) is 1. The first kappa shape index (κ1) is 14.2. The minimum atomic E-state index is 0.820. The maximum absolute atomic E-state index is 5.52. The maximum atomic E-state index is 5.52. The molecular formula is C14H25N5. The van der Waals surface area contributed by atoms with E-state index in [4.69, 9.17) is 5.73 Å². The van der Waals surface area contributed by atoms with E-state index in [-0.39, 0.29) is 0 Å². The number of rotatable bonds is 6. The van der Waals surface area contributed by atoms with Crippen LogP contribution in [0.25, 0.3) is 0 Å². The highest BCUT2D eigenvalue weighted by Crippen LogP contribution is 2.12. The summed E-state index contributed by atoms with van der Waals surface area (Å²) in [7, 11) is 0. The Hall–Kier alpha value is -1.20. The van der Waals surface area contributed by atoms with Crippen molar-refractivity contribution in [3.63, 3.8) is 0 Å². The first-order valence-electron chi connectivity index (χ1n) is 7.33. The van der Waals surface area contributed by atoms with Crippen molar-refractivity contribution in [2.24, 2.45) is 5.73 Å². The highest BCUT2D eigenvalue weighted by atomic mass is 15.2. The van der Waals surface area contributed by atoms with E-state index >= 15 is 0 Å². The largest absolute Gasteiger partial charge is 0.354 e. The van der Waals surface area contributed by atoms with Crippen molar-refractivity contribution < 1.29 is 0 Å². The average molecular weight is 263 g/mol. The molecule has 0 bridgehead atoms. The predicted molar refractivity (Wildman–Crippen MR) is 78.2 cm³/mol. The van der Waals surface area contributed by atoms with E-state index in [1.54, 1.807) is 12.4 Å². The van der Waals surface area contributed by atoms with Gasteiger partial charge in [-0.3, -0.25) is 4.98 Å². The summed E-state index contributed by atoms with van der Waals surface area (Å²) in [5.74, 6) is 1.01. The predicted octanol–water partition coefficient (Wildman–Crippen LogP) is 1.12. The van der Waals surface area contributed by atoms with E-state index in [1.807, 2.05) is 6.20 Å². The molecule has 1 aromatic heterocycles. The van der Waals surface area contributed by atoms with Crippen LogP contribution in [-0.2, 0) is 0 Å². The van der Waals surface area contributed by atoms with Crippen molar-refractivity contribution in [1.29, 1.82) is 0 Å². The number of unbranched alkanes of at least 4 members (excludes halogenated alkanes) is 2. The van der Waals surface area contributed by atoms with Crippen LogP contribution in [0.1, 0.15) is 25.7 Å². The molecule has 0 aliphatic carbocycles. The Balaban J connectivity index is 1.75. The van der Waals surface area contributed by atoms with Gasteiger partial charge in [0.15, 0.2) is 0 Å². The summed E-state index contributed by atoms with van der Waals surface area (Å²) in [5, 5.41) is 0. The van der Waals surface area contributed by atoms with Crippen LogP contribution in [0.2, 0.25) is 0 Å². The third-order valence-corrected chi connectivity index (χ3v) is 3.64. The van der Waals surface area contributed by atoms with Crippen molar-refractivity contribution in [3.8, 4) is 0 Å². The summed E-state index contributed by atoms with van der Waals surface area (Å²) in [6, 6.07) is 0. The number of hydrogen-bond donors (Lipinski definition) is 1. The van der Waals surface area contributed by atoms with Crippen molar-refractivity contribution >= 4 is 5.82 Å². The Morgan fingerprint density at radius 3 is 2.79 bits per heavy atom. The van der Waals surface area contributed by atoms with Gasteiger partial charge in [0.25, 0.3) is 0 Å². The number of aromatic nitrogens is 2. The third-order valence-electron chi connectivity index (χ3n) is 3.64. The van der Waals surface area contributed by atoms with Crippen LogP contribution in [0.3, 0.4) is 0 Å². The van der Waals surface area contributed by atoms with Crippen LogP contribution in [0.15, 0.2) is 18.6 Å². The van der Waals surface area contributed by atoms with Crippen LogP contribution in [0.5, 0.6) is 0 Å². The molecule has 5 nitrogen and oxygen atoms in total. The van der Waals surface area contributed by atoms with Crippen molar-refractivity contribution in [2.45, 2.75) is 25.7 Å². The van der Waals surface area contributed by atoms with E-state index in [1.165, 1.54) is 32.4 Å². The smallest absolute Gasteiger partial charge is 0.147 e. The van der Waals surface area contributed by atoms with Crippen molar-refractivity contribution in [3.05, 3.63) is 18.6 Å². The van der Waals surface area contributed by atoms with Gasteiger partial charge < -0.3 is 15.5 Å². The second-order valence-electron chi connectivity index (χ2n) is 5.10. The minimum absolute atomic E-state index is 0.820. The lowest BCUT2D eigenvalue weighted by molar-refractivity contribution is 0.286. The van der Waals surface area contributed by atoms with Gasteiger partial charge in [0.2, 0.25) is 0 Å². The first-order chi connectivity index (χ1) is 9.40. The number of hydrogen-bond acceptors (Lipinski definition) is 5. The fraction of sp³-hybridized carbons (Fsp3) is 0.714. The van der Waals surface area contributed by atoms with Gasteiger partial charge in [-0.2, -0.15) is 0 Å². The molecule has 5 heteroatoms. The SMILES string of the molecule is NCCCCCN1CCCN(c2cnccn2)CC1. The van der Waals surface area contributed by atoms with Gasteiger partial charge >= 0.3 is 0 Å². The van der Waals surface area contributed by atoms with Crippen LogP contribution in [0.4, 0.5) is 5.82 Å². The molecule has 1 aliphatic rings. The second-order valence-corrected chi connectivity index (χ2v) is 5.10. The highest BCUT2D eigenvalue weighted by Gasteiger charge is 2.15. The van der Waals surface area contributed by atoms with Crippen molar-refractivity contribution in [1.82, 2.24) is 14.9 Å². The molecule has 1 aliphatic heterocycles. The molecule has 106 valence electrons. The molecule has 1 saturated heterocycles. The highest BCUT2D eigenvalue weighted by molar-refractivity contribution is 5.35. The van der Waals surface area contributed by atoms with Crippen molar-refractivity contribution in [2.75, 3.05) is 44.2 Å². The second kappa shape index (κ2) is 8.07. The number of anilines is 1. The summed E-state index contributed by atoms with van der Waals surface area (Å²) in [6.07, 6.45) is 10.2. The standard InChI is InChI=1S/C14H25N5/c15-5-2-1-3-8-18-9-4-10-19(12-11-18)14-13-16-6-7-17-14/h6-7,13H,1-5,8-12,15H2. The zero-order chi connectivity index (χ0) is 13.3. The Kier molecular flexibility index (Phi) is 6.04. The van der Waals surface area contributed by atoms with E-state index in [0.717, 1.165) is 38.4 Å². The Bertz CT molecular complexity index is 343. The molecule has 1 aromatic rings. The Labute approximate surface area is 115 Å². The minimum Gasteiger partial charge on any atom is -0.354 e. The fourth-order valence-electron chi connectivity index (χ4n) is 2.53. The molecule has 2 rings (SSSR count). The lowest BCUT2D eigenvalue weighted by Crippen LogP contribution is -2.31. The average Bonchev–Trinajstić information content (AvgIpc) is 2.70. The monoisotopic (exact) mass is 263 g/mol. The molecule has 0 amide bonds. The first-order valence-corrected chi connectivity index (χ1v) is 7.33. The van der Waals surface area contributed by atoms with Gasteiger partial charge in [0.05, 0.1) is 6.20 Å². The summed E-state index contributed by atoms with van der Waals surface area (Å²) >= 11 is 0. The lowest BCUT2D eigenvalue weighted by atomic mass is 10.2. The summed E-state index contributed by atoms with van der Waals surface area (Å²) in [6.45, 7) is 6.47. The molecule has 0 spiro atoms. The van der Waals surface area contributed by atoms with E-state index in [9.17, 15) is 0 Å².